The molecule has 0 bridgehead atoms. The molecule has 1 N–H and O–H groups in total. The Kier molecular flexibility index (Phi) is 3.51. The molecule has 0 radical (unpaired) electrons. The van der Waals surface area contributed by atoms with E-state index in [1.807, 2.05) is 24.3 Å². The Hall–Kier alpha value is -2.50. The van der Waals surface area contributed by atoms with Gasteiger partial charge in [0, 0.05) is 12.6 Å². The van der Waals surface area contributed by atoms with Crippen molar-refractivity contribution in [3.8, 4) is 5.75 Å². The molecule has 0 aliphatic carbocycles. The first kappa shape index (κ1) is 13.5. The molecule has 1 aromatic heterocycles. The van der Waals surface area contributed by atoms with E-state index in [-0.39, 0.29) is 18.2 Å². The van der Waals surface area contributed by atoms with E-state index < -0.39 is 17.7 Å². The molecule has 1 aliphatic rings. The van der Waals surface area contributed by atoms with Crippen molar-refractivity contribution in [3.63, 3.8) is 0 Å². The Morgan fingerprint density at radius 1 is 1.33 bits per heavy atom. The van der Waals surface area contributed by atoms with Crippen LogP contribution in [-0.4, -0.2) is 23.5 Å². The van der Waals surface area contributed by atoms with Crippen LogP contribution in [0.5, 0.6) is 5.75 Å². The summed E-state index contributed by atoms with van der Waals surface area (Å²) >= 11 is 0. The molecule has 3 rings (SSSR count). The second-order valence-corrected chi connectivity index (χ2v) is 4.73. The lowest BCUT2D eigenvalue weighted by atomic mass is 10.1. The normalized spacial score (nSPS) is 16.2. The van der Waals surface area contributed by atoms with E-state index in [1.165, 1.54) is 0 Å². The lowest BCUT2D eigenvalue weighted by Crippen LogP contribution is -2.35. The first-order valence-corrected chi connectivity index (χ1v) is 6.48. The third-order valence-electron chi connectivity index (χ3n) is 3.30. The predicted octanol–water partition coefficient (Wildman–Crippen LogP) is 2.09. The van der Waals surface area contributed by atoms with Crippen molar-refractivity contribution < 1.29 is 18.3 Å². The van der Waals surface area contributed by atoms with Crippen LogP contribution in [0.2, 0.25) is 0 Å². The largest absolute Gasteiger partial charge is 0.488 e. The van der Waals surface area contributed by atoms with Crippen molar-refractivity contribution in [1.29, 1.82) is 0 Å². The molecule has 108 valence electrons. The van der Waals surface area contributed by atoms with Crippen LogP contribution in [0.25, 0.3) is 0 Å². The minimum absolute atomic E-state index is 0.207. The predicted molar refractivity (Wildman–Crippen MR) is 71.0 cm³/mol. The monoisotopic (exact) mass is 290 g/mol. The molecule has 1 aliphatic heterocycles. The van der Waals surface area contributed by atoms with Crippen molar-refractivity contribution in [2.45, 2.75) is 12.5 Å². The summed E-state index contributed by atoms with van der Waals surface area (Å²) in [4.78, 5) is 15.0. The Morgan fingerprint density at radius 3 is 2.95 bits per heavy atom. The molecular formula is C15H12F2N2O2. The molecular weight excluding hydrogens is 278 g/mol. The van der Waals surface area contributed by atoms with Gasteiger partial charge in [0.25, 0.3) is 5.91 Å². The maximum atomic E-state index is 13.4. The fourth-order valence-corrected chi connectivity index (χ4v) is 2.26. The van der Waals surface area contributed by atoms with Gasteiger partial charge in [-0.2, -0.15) is 4.39 Å². The summed E-state index contributed by atoms with van der Waals surface area (Å²) in [6.45, 7) is 0.219. The number of fused-ring (bicyclic) bond motifs is 1. The van der Waals surface area contributed by atoms with Gasteiger partial charge in [-0.15, -0.1) is 0 Å². The number of aromatic nitrogens is 1. The number of pyridine rings is 1. The summed E-state index contributed by atoms with van der Waals surface area (Å²) in [5, 5.41) is 2.55. The maximum Gasteiger partial charge on any atom is 0.254 e. The molecule has 1 unspecified atom stereocenters. The molecule has 0 spiro atoms. The number of para-hydroxylation sites is 1. The number of carbonyl (C=O) groups is 1. The van der Waals surface area contributed by atoms with Crippen LogP contribution in [-0.2, 0) is 6.42 Å². The van der Waals surface area contributed by atoms with Crippen LogP contribution in [0, 0.1) is 11.8 Å². The first-order valence-electron chi connectivity index (χ1n) is 6.48. The standard InChI is InChI=1S/C15H12F2N2O2/c16-13-11(5-6-18-14(13)17)15(20)19-8-10-7-9-3-1-2-4-12(9)21-10/h1-6,10H,7-8H2,(H,19,20). The Bertz CT molecular complexity index is 666. The minimum atomic E-state index is -1.29. The summed E-state index contributed by atoms with van der Waals surface area (Å²) < 4.78 is 32.1. The Labute approximate surface area is 119 Å². The quantitative estimate of drug-likeness (QED) is 0.881. The molecule has 4 nitrogen and oxygen atoms in total. The second kappa shape index (κ2) is 5.47. The van der Waals surface area contributed by atoms with Crippen LogP contribution in [0.4, 0.5) is 8.78 Å². The Balaban J connectivity index is 1.62. The highest BCUT2D eigenvalue weighted by Gasteiger charge is 2.23. The van der Waals surface area contributed by atoms with Gasteiger partial charge in [0.2, 0.25) is 5.95 Å². The third kappa shape index (κ3) is 2.69. The van der Waals surface area contributed by atoms with Gasteiger partial charge >= 0.3 is 0 Å². The van der Waals surface area contributed by atoms with Crippen LogP contribution in [0.15, 0.2) is 36.5 Å². The molecule has 1 aromatic carbocycles. The van der Waals surface area contributed by atoms with Gasteiger partial charge in [-0.1, -0.05) is 18.2 Å². The SMILES string of the molecule is O=C(NCC1Cc2ccccc2O1)c1ccnc(F)c1F. The van der Waals surface area contributed by atoms with Gasteiger partial charge in [-0.25, -0.2) is 9.37 Å². The van der Waals surface area contributed by atoms with Gasteiger partial charge in [-0.3, -0.25) is 4.79 Å². The number of hydrogen-bond acceptors (Lipinski definition) is 3. The summed E-state index contributed by atoms with van der Waals surface area (Å²) in [7, 11) is 0. The topological polar surface area (TPSA) is 51.2 Å². The highest BCUT2D eigenvalue weighted by atomic mass is 19.2. The zero-order valence-corrected chi connectivity index (χ0v) is 11.0. The minimum Gasteiger partial charge on any atom is -0.488 e. The summed E-state index contributed by atoms with van der Waals surface area (Å²) in [6, 6.07) is 8.73. The average molecular weight is 290 g/mol. The molecule has 6 heteroatoms. The summed E-state index contributed by atoms with van der Waals surface area (Å²) in [5.74, 6) is -2.43. The zero-order chi connectivity index (χ0) is 14.8. The lowest BCUT2D eigenvalue weighted by molar-refractivity contribution is 0.0928. The van der Waals surface area contributed by atoms with Crippen molar-refractivity contribution in [1.82, 2.24) is 10.3 Å². The van der Waals surface area contributed by atoms with E-state index in [0.29, 0.717) is 6.42 Å². The number of nitrogens with one attached hydrogen (secondary N) is 1. The Morgan fingerprint density at radius 2 is 2.14 bits per heavy atom. The first-order chi connectivity index (χ1) is 10.1. The number of benzene rings is 1. The molecule has 1 atom stereocenters. The second-order valence-electron chi connectivity index (χ2n) is 4.73. The van der Waals surface area contributed by atoms with Gasteiger partial charge in [-0.05, 0) is 17.7 Å². The van der Waals surface area contributed by atoms with Crippen molar-refractivity contribution in [2.75, 3.05) is 6.54 Å². The van der Waals surface area contributed by atoms with E-state index in [0.717, 1.165) is 23.6 Å². The van der Waals surface area contributed by atoms with Gasteiger partial charge < -0.3 is 10.1 Å². The van der Waals surface area contributed by atoms with Crippen molar-refractivity contribution in [2.24, 2.45) is 0 Å². The number of ether oxygens (including phenoxy) is 1. The third-order valence-corrected chi connectivity index (χ3v) is 3.30. The van der Waals surface area contributed by atoms with E-state index >= 15 is 0 Å². The van der Waals surface area contributed by atoms with Gasteiger partial charge in [0.05, 0.1) is 12.1 Å². The average Bonchev–Trinajstić information content (AvgIpc) is 2.90. The number of carbonyl (C=O) groups excluding carboxylic acids is 1. The summed E-state index contributed by atoms with van der Waals surface area (Å²) in [6.07, 6.45) is 1.51. The van der Waals surface area contributed by atoms with E-state index in [9.17, 15) is 13.6 Å². The number of nitrogens with zero attached hydrogens (tertiary/aromatic N) is 1. The number of rotatable bonds is 3. The van der Waals surface area contributed by atoms with E-state index in [4.69, 9.17) is 4.74 Å². The van der Waals surface area contributed by atoms with Crippen LogP contribution < -0.4 is 10.1 Å². The number of halogens is 2. The highest BCUT2D eigenvalue weighted by molar-refractivity contribution is 5.94. The smallest absolute Gasteiger partial charge is 0.254 e. The molecule has 0 fully saturated rings. The lowest BCUT2D eigenvalue weighted by Gasteiger charge is -2.12. The fourth-order valence-electron chi connectivity index (χ4n) is 2.26. The maximum absolute atomic E-state index is 13.4. The highest BCUT2D eigenvalue weighted by Crippen LogP contribution is 2.27. The molecule has 2 aromatic rings. The van der Waals surface area contributed by atoms with Gasteiger partial charge in [0.15, 0.2) is 5.82 Å². The molecule has 21 heavy (non-hydrogen) atoms. The number of amides is 1. The molecule has 2 heterocycles. The van der Waals surface area contributed by atoms with E-state index in [1.54, 1.807) is 0 Å². The molecule has 1 amide bonds. The van der Waals surface area contributed by atoms with Crippen molar-refractivity contribution >= 4 is 5.91 Å². The van der Waals surface area contributed by atoms with Crippen LogP contribution in [0.3, 0.4) is 0 Å². The molecule has 0 saturated carbocycles. The van der Waals surface area contributed by atoms with Crippen molar-refractivity contribution in [3.05, 3.63) is 59.4 Å². The van der Waals surface area contributed by atoms with Gasteiger partial charge in [0.1, 0.15) is 11.9 Å². The molecule has 0 saturated heterocycles. The summed E-state index contributed by atoms with van der Waals surface area (Å²) in [5.41, 5.74) is 0.705. The fraction of sp³-hybridized carbons (Fsp3) is 0.200. The zero-order valence-electron chi connectivity index (χ0n) is 11.0. The van der Waals surface area contributed by atoms with Crippen LogP contribution >= 0.6 is 0 Å². The van der Waals surface area contributed by atoms with Crippen LogP contribution in [0.1, 0.15) is 15.9 Å². The van der Waals surface area contributed by atoms with E-state index in [2.05, 4.69) is 10.3 Å². The number of hydrogen-bond donors (Lipinski definition) is 1.